The minimum absolute atomic E-state index is 0.169. The van der Waals surface area contributed by atoms with E-state index in [1.165, 1.54) is 18.2 Å². The summed E-state index contributed by atoms with van der Waals surface area (Å²) < 4.78 is 34.6. The molecule has 9 heteroatoms. The smallest absolute Gasteiger partial charge is 0.262 e. The van der Waals surface area contributed by atoms with Crippen molar-refractivity contribution in [2.24, 2.45) is 0 Å². The van der Waals surface area contributed by atoms with Crippen molar-refractivity contribution in [2.75, 3.05) is 16.6 Å². The minimum Gasteiger partial charge on any atom is -0.484 e. The van der Waals surface area contributed by atoms with E-state index in [0.717, 1.165) is 5.56 Å². The molecule has 0 unspecified atom stereocenters. The summed E-state index contributed by atoms with van der Waals surface area (Å²) in [6.45, 7) is -0.283. The summed E-state index contributed by atoms with van der Waals surface area (Å²) in [5, 5.41) is 2.94. The molecule has 1 amide bonds. The summed E-state index contributed by atoms with van der Waals surface area (Å²) in [5.74, 6) is -0.134. The van der Waals surface area contributed by atoms with Gasteiger partial charge >= 0.3 is 0 Å². The number of pyridine rings is 1. The third-order valence-electron chi connectivity index (χ3n) is 4.96. The van der Waals surface area contributed by atoms with Gasteiger partial charge in [-0.3, -0.25) is 14.5 Å². The average Bonchev–Trinajstić information content (AvgIpc) is 2.84. The molecule has 0 aliphatic rings. The number of nitrogens with zero attached hydrogens (tertiary/aromatic N) is 1. The topological polar surface area (TPSA) is 97.4 Å². The molecule has 35 heavy (non-hydrogen) atoms. The summed E-state index contributed by atoms with van der Waals surface area (Å²) in [5.41, 5.74) is 2.47. The number of carbonyl (C=O) groups is 1. The van der Waals surface area contributed by atoms with Gasteiger partial charge < -0.3 is 10.1 Å². The van der Waals surface area contributed by atoms with Crippen LogP contribution in [0.5, 0.6) is 5.75 Å². The second-order valence-electron chi connectivity index (χ2n) is 7.62. The Balaban J connectivity index is 1.48. The van der Waals surface area contributed by atoms with Gasteiger partial charge in [-0.15, -0.1) is 0 Å². The Hall–Kier alpha value is -3.88. The van der Waals surface area contributed by atoms with Crippen LogP contribution in [-0.2, 0) is 21.2 Å². The quantitative estimate of drug-likeness (QED) is 0.327. The summed E-state index contributed by atoms with van der Waals surface area (Å²) in [6.07, 6.45) is 3.59. The number of halogens is 1. The lowest BCUT2D eigenvalue weighted by Gasteiger charge is -2.14. The van der Waals surface area contributed by atoms with E-state index < -0.39 is 10.0 Å². The number of aromatic nitrogens is 1. The molecule has 0 fully saturated rings. The summed E-state index contributed by atoms with van der Waals surface area (Å²) >= 11 is 6.19. The largest absolute Gasteiger partial charge is 0.484 e. The maximum Gasteiger partial charge on any atom is 0.262 e. The second-order valence-corrected chi connectivity index (χ2v) is 9.71. The average molecular weight is 508 g/mol. The van der Waals surface area contributed by atoms with Crippen molar-refractivity contribution in [1.82, 2.24) is 4.98 Å². The molecular weight excluding hydrogens is 486 g/mol. The fourth-order valence-corrected chi connectivity index (χ4v) is 4.93. The number of carbonyl (C=O) groups excluding carboxylic acids is 1. The summed E-state index contributed by atoms with van der Waals surface area (Å²) in [6, 6.07) is 24.2. The first-order chi connectivity index (χ1) is 16.9. The molecule has 4 aromatic rings. The van der Waals surface area contributed by atoms with Crippen molar-refractivity contribution in [3.8, 4) is 5.75 Å². The van der Waals surface area contributed by atoms with Crippen LogP contribution in [0.2, 0.25) is 5.02 Å². The van der Waals surface area contributed by atoms with Crippen LogP contribution in [0.1, 0.15) is 11.1 Å². The highest BCUT2D eigenvalue weighted by Gasteiger charge is 2.19. The van der Waals surface area contributed by atoms with Crippen molar-refractivity contribution >= 4 is 38.9 Å². The molecular formula is C26H22ClN3O4S. The Morgan fingerprint density at radius 3 is 2.37 bits per heavy atom. The fourth-order valence-electron chi connectivity index (χ4n) is 3.42. The van der Waals surface area contributed by atoms with Gasteiger partial charge in [0.2, 0.25) is 0 Å². The van der Waals surface area contributed by atoms with E-state index in [1.807, 2.05) is 30.3 Å². The summed E-state index contributed by atoms with van der Waals surface area (Å²) in [7, 11) is -3.92. The monoisotopic (exact) mass is 507 g/mol. The van der Waals surface area contributed by atoms with Gasteiger partial charge in [-0.25, -0.2) is 8.42 Å². The molecule has 0 spiro atoms. The molecule has 178 valence electrons. The zero-order valence-corrected chi connectivity index (χ0v) is 20.1. The van der Waals surface area contributed by atoms with Gasteiger partial charge in [0.15, 0.2) is 6.61 Å². The van der Waals surface area contributed by atoms with Crippen molar-refractivity contribution in [3.05, 3.63) is 113 Å². The highest BCUT2D eigenvalue weighted by atomic mass is 35.5. The Bertz CT molecular complexity index is 1420. The van der Waals surface area contributed by atoms with E-state index in [4.69, 9.17) is 16.3 Å². The number of sulfonamides is 1. The van der Waals surface area contributed by atoms with Crippen molar-refractivity contribution in [3.63, 3.8) is 0 Å². The first-order valence-corrected chi connectivity index (χ1v) is 12.5. The standard InChI is InChI=1S/C26H22ClN3O4S/c27-21-15-23(17-24(16-21)34-18-26(31)29-22-10-12-28-13-11-22)30-35(32,33)25-9-5-4-8-20(25)14-19-6-2-1-3-7-19/h1-13,15-17,30H,14,18H2,(H,28,29,31). The molecule has 1 heterocycles. The van der Waals surface area contributed by atoms with Crippen LogP contribution >= 0.6 is 11.6 Å². The van der Waals surface area contributed by atoms with Crippen LogP contribution in [0.15, 0.2) is 102 Å². The number of rotatable bonds is 9. The van der Waals surface area contributed by atoms with Crippen LogP contribution in [-0.4, -0.2) is 25.9 Å². The van der Waals surface area contributed by atoms with Gasteiger partial charge in [0.1, 0.15) is 5.75 Å². The van der Waals surface area contributed by atoms with E-state index in [2.05, 4.69) is 15.0 Å². The van der Waals surface area contributed by atoms with Gasteiger partial charge in [0, 0.05) is 29.2 Å². The van der Waals surface area contributed by atoms with Crippen molar-refractivity contribution in [2.45, 2.75) is 11.3 Å². The molecule has 0 bridgehead atoms. The van der Waals surface area contributed by atoms with Gasteiger partial charge in [-0.2, -0.15) is 0 Å². The van der Waals surface area contributed by atoms with E-state index in [1.54, 1.807) is 48.8 Å². The highest BCUT2D eigenvalue weighted by Crippen LogP contribution is 2.28. The van der Waals surface area contributed by atoms with Gasteiger partial charge in [0.25, 0.3) is 15.9 Å². The summed E-state index contributed by atoms with van der Waals surface area (Å²) in [4.78, 5) is 16.2. The van der Waals surface area contributed by atoms with E-state index in [-0.39, 0.29) is 33.9 Å². The maximum absolute atomic E-state index is 13.2. The molecule has 0 aliphatic heterocycles. The van der Waals surface area contributed by atoms with Gasteiger partial charge in [-0.1, -0.05) is 60.1 Å². The lowest BCUT2D eigenvalue weighted by Crippen LogP contribution is -2.20. The molecule has 3 aromatic carbocycles. The van der Waals surface area contributed by atoms with Gasteiger partial charge in [-0.05, 0) is 47.9 Å². The van der Waals surface area contributed by atoms with E-state index >= 15 is 0 Å². The van der Waals surface area contributed by atoms with Crippen LogP contribution in [0.25, 0.3) is 0 Å². The molecule has 2 N–H and O–H groups in total. The second kappa shape index (κ2) is 11.0. The zero-order chi connectivity index (χ0) is 24.7. The number of nitrogens with one attached hydrogen (secondary N) is 2. The number of benzene rings is 3. The lowest BCUT2D eigenvalue weighted by atomic mass is 10.1. The van der Waals surface area contributed by atoms with E-state index in [9.17, 15) is 13.2 Å². The van der Waals surface area contributed by atoms with Crippen LogP contribution in [0.3, 0.4) is 0 Å². The molecule has 0 atom stereocenters. The number of hydrogen-bond acceptors (Lipinski definition) is 5. The fraction of sp³-hybridized carbons (Fsp3) is 0.0769. The van der Waals surface area contributed by atoms with Crippen molar-refractivity contribution < 1.29 is 17.9 Å². The maximum atomic E-state index is 13.2. The Kier molecular flexibility index (Phi) is 7.64. The van der Waals surface area contributed by atoms with Gasteiger partial charge in [0.05, 0.1) is 10.6 Å². The lowest BCUT2D eigenvalue weighted by molar-refractivity contribution is -0.118. The number of ether oxygens (including phenoxy) is 1. The molecule has 0 radical (unpaired) electrons. The Labute approximate surface area is 208 Å². The number of anilines is 2. The predicted octanol–water partition coefficient (Wildman–Crippen LogP) is 5.14. The highest BCUT2D eigenvalue weighted by molar-refractivity contribution is 7.92. The molecule has 0 saturated carbocycles. The van der Waals surface area contributed by atoms with Crippen LogP contribution in [0, 0.1) is 0 Å². The molecule has 1 aromatic heterocycles. The normalized spacial score (nSPS) is 11.0. The number of hydrogen-bond donors (Lipinski definition) is 2. The molecule has 7 nitrogen and oxygen atoms in total. The molecule has 4 rings (SSSR count). The Morgan fingerprint density at radius 2 is 1.60 bits per heavy atom. The minimum atomic E-state index is -3.92. The third kappa shape index (κ3) is 6.81. The van der Waals surface area contributed by atoms with E-state index in [0.29, 0.717) is 17.7 Å². The van der Waals surface area contributed by atoms with Crippen molar-refractivity contribution in [1.29, 1.82) is 0 Å². The first kappa shape index (κ1) is 24.3. The first-order valence-electron chi connectivity index (χ1n) is 10.7. The van der Waals surface area contributed by atoms with Crippen LogP contribution in [0.4, 0.5) is 11.4 Å². The SMILES string of the molecule is O=C(COc1cc(Cl)cc(NS(=O)(=O)c2ccccc2Cc2ccccc2)c1)Nc1ccncc1. The number of amides is 1. The molecule has 0 aliphatic carbocycles. The zero-order valence-electron chi connectivity index (χ0n) is 18.5. The predicted molar refractivity (Wildman–Crippen MR) is 136 cm³/mol. The molecule has 0 saturated heterocycles. The third-order valence-corrected chi connectivity index (χ3v) is 6.66. The Morgan fingerprint density at radius 1 is 0.886 bits per heavy atom. The van der Waals surface area contributed by atoms with Crippen LogP contribution < -0.4 is 14.8 Å².